The van der Waals surface area contributed by atoms with Crippen LogP contribution in [0.1, 0.15) is 5.56 Å². The van der Waals surface area contributed by atoms with Gasteiger partial charge in [0, 0.05) is 14.0 Å². The van der Waals surface area contributed by atoms with Gasteiger partial charge in [0.2, 0.25) is 0 Å². The zero-order valence-electron chi connectivity index (χ0n) is 6.39. The van der Waals surface area contributed by atoms with Crippen molar-refractivity contribution in [2.24, 2.45) is 0 Å². The van der Waals surface area contributed by atoms with E-state index in [-0.39, 0.29) is 0 Å². The fourth-order valence-electron chi connectivity index (χ4n) is 0.870. The van der Waals surface area contributed by atoms with Gasteiger partial charge in [0.15, 0.2) is 0 Å². The maximum absolute atomic E-state index is 5.13. The molecule has 0 unspecified atom stereocenters. The maximum atomic E-state index is 5.13. The van der Waals surface area contributed by atoms with E-state index < -0.39 is 0 Å². The summed E-state index contributed by atoms with van der Waals surface area (Å²) in [5, 5.41) is 0. The Morgan fingerprint density at radius 1 is 1.45 bits per heavy atom. The van der Waals surface area contributed by atoms with Gasteiger partial charge in [0.05, 0.1) is 7.11 Å². The van der Waals surface area contributed by atoms with Crippen LogP contribution in [0.3, 0.4) is 0 Å². The second-order valence-electron chi connectivity index (χ2n) is 2.22. The van der Waals surface area contributed by atoms with Gasteiger partial charge in [-0.1, -0.05) is 0 Å². The average molecular weight is 280 g/mol. The molecule has 0 saturated carbocycles. The highest BCUT2D eigenvalue weighted by atomic mass is 127. The van der Waals surface area contributed by atoms with Gasteiger partial charge >= 0.3 is 0 Å². The van der Waals surface area contributed by atoms with Crippen molar-refractivity contribution in [2.45, 2.75) is 11.8 Å². The molecule has 60 valence electrons. The minimum atomic E-state index is 0.899. The van der Waals surface area contributed by atoms with Gasteiger partial charge < -0.3 is 4.74 Å². The van der Waals surface area contributed by atoms with Crippen LogP contribution in [-0.2, 0) is 0 Å². The van der Waals surface area contributed by atoms with Gasteiger partial charge in [0.1, 0.15) is 5.75 Å². The quantitative estimate of drug-likeness (QED) is 0.614. The number of rotatable bonds is 1. The molecule has 11 heavy (non-hydrogen) atoms. The van der Waals surface area contributed by atoms with E-state index in [1.54, 1.807) is 7.11 Å². The number of thiol groups is 1. The Morgan fingerprint density at radius 2 is 2.09 bits per heavy atom. The van der Waals surface area contributed by atoms with Gasteiger partial charge in [0.25, 0.3) is 0 Å². The van der Waals surface area contributed by atoms with E-state index in [0.29, 0.717) is 0 Å². The molecule has 0 atom stereocenters. The van der Waals surface area contributed by atoms with Crippen molar-refractivity contribution >= 4 is 35.2 Å². The molecule has 3 heteroatoms. The van der Waals surface area contributed by atoms with Crippen molar-refractivity contribution in [3.05, 3.63) is 21.3 Å². The van der Waals surface area contributed by atoms with Crippen LogP contribution in [0.4, 0.5) is 0 Å². The molecule has 1 nitrogen and oxygen atoms in total. The van der Waals surface area contributed by atoms with E-state index >= 15 is 0 Å². The Kier molecular flexibility index (Phi) is 3.06. The molecule has 0 aliphatic rings. The first-order valence-corrected chi connectivity index (χ1v) is 4.71. The van der Waals surface area contributed by atoms with Crippen molar-refractivity contribution in [2.75, 3.05) is 7.11 Å². The minimum Gasteiger partial charge on any atom is -0.496 e. The first kappa shape index (κ1) is 9.19. The molecular formula is C8H9IOS. The molecule has 0 N–H and O–H groups in total. The molecule has 0 radical (unpaired) electrons. The van der Waals surface area contributed by atoms with E-state index in [1.165, 1.54) is 0 Å². The van der Waals surface area contributed by atoms with Crippen LogP contribution in [-0.4, -0.2) is 7.11 Å². The number of hydrogen-bond donors (Lipinski definition) is 1. The second-order valence-corrected chi connectivity index (χ2v) is 3.83. The summed E-state index contributed by atoms with van der Waals surface area (Å²) in [6, 6.07) is 3.95. The Morgan fingerprint density at radius 3 is 2.64 bits per heavy atom. The third-order valence-corrected chi connectivity index (χ3v) is 3.45. The molecule has 0 aliphatic carbocycles. The summed E-state index contributed by atoms with van der Waals surface area (Å²) in [5.41, 5.74) is 1.10. The van der Waals surface area contributed by atoms with Crippen LogP contribution in [0.15, 0.2) is 17.0 Å². The summed E-state index contributed by atoms with van der Waals surface area (Å²) in [5.74, 6) is 0.899. The van der Waals surface area contributed by atoms with Gasteiger partial charge in [-0.3, -0.25) is 0 Å². The van der Waals surface area contributed by atoms with Gasteiger partial charge in [-0.05, 0) is 41.6 Å². The van der Waals surface area contributed by atoms with E-state index in [0.717, 1.165) is 19.8 Å². The molecule has 0 fully saturated rings. The summed E-state index contributed by atoms with van der Waals surface area (Å²) in [6.07, 6.45) is 0. The summed E-state index contributed by atoms with van der Waals surface area (Å²) in [6.45, 7) is 2.00. The Hall–Kier alpha value is 0.1000. The van der Waals surface area contributed by atoms with E-state index in [4.69, 9.17) is 4.74 Å². The topological polar surface area (TPSA) is 9.23 Å². The molecule has 0 spiro atoms. The molecule has 0 saturated heterocycles. The first-order valence-electron chi connectivity index (χ1n) is 3.19. The van der Waals surface area contributed by atoms with Gasteiger partial charge in [-0.15, -0.1) is 12.6 Å². The summed E-state index contributed by atoms with van der Waals surface area (Å²) < 4.78 is 6.29. The molecule has 1 aromatic rings. The van der Waals surface area contributed by atoms with Crippen LogP contribution in [0.2, 0.25) is 0 Å². The van der Waals surface area contributed by atoms with Crippen molar-refractivity contribution in [3.63, 3.8) is 0 Å². The number of methoxy groups -OCH3 is 1. The lowest BCUT2D eigenvalue weighted by Crippen LogP contribution is -1.89. The molecule has 0 aliphatic heterocycles. The van der Waals surface area contributed by atoms with Crippen LogP contribution in [0.5, 0.6) is 5.75 Å². The Labute approximate surface area is 85.7 Å². The summed E-state index contributed by atoms with van der Waals surface area (Å²) in [4.78, 5) is 1.00. The number of halogens is 1. The first-order chi connectivity index (χ1) is 5.16. The minimum absolute atomic E-state index is 0.899. The maximum Gasteiger partial charge on any atom is 0.122 e. The Bertz CT molecular complexity index is 273. The van der Waals surface area contributed by atoms with E-state index in [9.17, 15) is 0 Å². The lowest BCUT2D eigenvalue weighted by atomic mass is 10.2. The van der Waals surface area contributed by atoms with Crippen molar-refractivity contribution in [1.82, 2.24) is 0 Å². The lowest BCUT2D eigenvalue weighted by Gasteiger charge is -2.07. The van der Waals surface area contributed by atoms with Crippen LogP contribution < -0.4 is 4.74 Å². The fraction of sp³-hybridized carbons (Fsp3) is 0.250. The molecule has 1 rings (SSSR count). The third kappa shape index (κ3) is 1.82. The predicted molar refractivity (Wildman–Crippen MR) is 57.7 cm³/mol. The van der Waals surface area contributed by atoms with Crippen LogP contribution >= 0.6 is 35.2 Å². The van der Waals surface area contributed by atoms with Gasteiger partial charge in [-0.2, -0.15) is 0 Å². The number of benzene rings is 1. The standard InChI is InChI=1S/C8H9IOS/c1-5-7(10-2)4-3-6(9)8(5)11/h3-4,11H,1-2H3. The van der Waals surface area contributed by atoms with Crippen molar-refractivity contribution < 1.29 is 4.74 Å². The van der Waals surface area contributed by atoms with Crippen molar-refractivity contribution in [1.29, 1.82) is 0 Å². The number of ether oxygens (including phenoxy) is 1. The highest BCUT2D eigenvalue weighted by Gasteiger charge is 2.03. The second kappa shape index (κ2) is 3.67. The number of hydrogen-bond acceptors (Lipinski definition) is 2. The molecule has 0 bridgehead atoms. The van der Waals surface area contributed by atoms with E-state index in [2.05, 4.69) is 35.2 Å². The van der Waals surface area contributed by atoms with Crippen LogP contribution in [0, 0.1) is 10.5 Å². The zero-order valence-corrected chi connectivity index (χ0v) is 9.44. The predicted octanol–water partition coefficient (Wildman–Crippen LogP) is 2.90. The monoisotopic (exact) mass is 280 g/mol. The molecular weight excluding hydrogens is 271 g/mol. The summed E-state index contributed by atoms with van der Waals surface area (Å²) in [7, 11) is 1.67. The lowest BCUT2D eigenvalue weighted by molar-refractivity contribution is 0.410. The zero-order chi connectivity index (χ0) is 8.43. The van der Waals surface area contributed by atoms with Crippen LogP contribution in [0.25, 0.3) is 0 Å². The van der Waals surface area contributed by atoms with E-state index in [1.807, 2.05) is 19.1 Å². The molecule has 0 amide bonds. The molecule has 1 aromatic carbocycles. The molecule has 0 heterocycles. The smallest absolute Gasteiger partial charge is 0.122 e. The SMILES string of the molecule is COc1ccc(I)c(S)c1C. The normalized spacial score (nSPS) is 9.82. The van der Waals surface area contributed by atoms with Crippen molar-refractivity contribution in [3.8, 4) is 5.75 Å². The molecule has 0 aromatic heterocycles. The third-order valence-electron chi connectivity index (χ3n) is 1.55. The average Bonchev–Trinajstić information content (AvgIpc) is 2.01. The highest BCUT2D eigenvalue weighted by molar-refractivity contribution is 14.1. The highest BCUT2D eigenvalue weighted by Crippen LogP contribution is 2.27. The largest absolute Gasteiger partial charge is 0.496 e. The summed E-state index contributed by atoms with van der Waals surface area (Å²) >= 11 is 6.60. The Balaban J connectivity index is 3.25. The fourth-order valence-corrected chi connectivity index (χ4v) is 1.64. The van der Waals surface area contributed by atoms with Gasteiger partial charge in [-0.25, -0.2) is 0 Å².